The average molecular weight is 269 g/mol. The molecule has 2 aromatic rings. The van der Waals surface area contributed by atoms with Gasteiger partial charge in [0, 0.05) is 18.5 Å². The number of hydrogen-bond donors (Lipinski definition) is 1. The van der Waals surface area contributed by atoms with Gasteiger partial charge in [-0.25, -0.2) is 4.39 Å². The third-order valence-electron chi connectivity index (χ3n) is 4.29. The second-order valence-electron chi connectivity index (χ2n) is 6.01. The first kappa shape index (κ1) is 13.3. The minimum Gasteiger partial charge on any atom is -0.315 e. The van der Waals surface area contributed by atoms with Gasteiger partial charge in [-0.05, 0) is 48.6 Å². The molecule has 1 nitrogen and oxygen atoms in total. The number of hydrogen-bond acceptors (Lipinski definition) is 1. The molecule has 2 aromatic carbocycles. The van der Waals surface area contributed by atoms with Crippen LogP contribution in [0.3, 0.4) is 0 Å². The summed E-state index contributed by atoms with van der Waals surface area (Å²) in [5, 5.41) is 3.40. The Balaban J connectivity index is 1.79. The highest BCUT2D eigenvalue weighted by Crippen LogP contribution is 2.33. The second kappa shape index (κ2) is 5.37. The summed E-state index contributed by atoms with van der Waals surface area (Å²) in [5.74, 6) is -0.143. The second-order valence-corrected chi connectivity index (χ2v) is 6.01. The Morgan fingerprint density at radius 3 is 2.40 bits per heavy atom. The van der Waals surface area contributed by atoms with E-state index in [4.69, 9.17) is 0 Å². The van der Waals surface area contributed by atoms with E-state index < -0.39 is 0 Å². The maximum Gasteiger partial charge on any atom is 0.123 e. The van der Waals surface area contributed by atoms with Gasteiger partial charge < -0.3 is 5.32 Å². The van der Waals surface area contributed by atoms with Crippen LogP contribution in [-0.2, 0) is 12.8 Å². The van der Waals surface area contributed by atoms with Crippen LogP contribution in [0.25, 0.3) is 0 Å². The topological polar surface area (TPSA) is 12.0 Å². The van der Waals surface area contributed by atoms with Crippen molar-refractivity contribution in [3.8, 4) is 0 Å². The molecule has 104 valence electrons. The molecule has 0 spiro atoms. The van der Waals surface area contributed by atoms with Crippen molar-refractivity contribution >= 4 is 0 Å². The van der Waals surface area contributed by atoms with Crippen LogP contribution in [0.2, 0.25) is 0 Å². The molecule has 0 atom stereocenters. The van der Waals surface area contributed by atoms with Gasteiger partial charge in [-0.2, -0.15) is 0 Å². The predicted molar refractivity (Wildman–Crippen MR) is 80.3 cm³/mol. The minimum absolute atomic E-state index is 0.143. The number of nitrogens with one attached hydrogen (secondary N) is 1. The van der Waals surface area contributed by atoms with E-state index >= 15 is 0 Å². The van der Waals surface area contributed by atoms with Crippen LogP contribution in [0.15, 0.2) is 48.5 Å². The molecule has 0 aromatic heterocycles. The van der Waals surface area contributed by atoms with Crippen molar-refractivity contribution in [2.45, 2.75) is 19.8 Å². The van der Waals surface area contributed by atoms with Gasteiger partial charge in [0.2, 0.25) is 0 Å². The lowest BCUT2D eigenvalue weighted by molar-refractivity contribution is 0.166. The van der Waals surface area contributed by atoms with Gasteiger partial charge in [0.1, 0.15) is 5.82 Å². The molecule has 2 heteroatoms. The van der Waals surface area contributed by atoms with Crippen molar-refractivity contribution in [3.05, 3.63) is 71.0 Å². The molecule has 1 heterocycles. The zero-order chi connectivity index (χ0) is 14.0. The van der Waals surface area contributed by atoms with E-state index in [-0.39, 0.29) is 11.2 Å². The Labute approximate surface area is 119 Å². The summed E-state index contributed by atoms with van der Waals surface area (Å²) in [4.78, 5) is 0. The lowest BCUT2D eigenvalue weighted by Gasteiger charge is -2.43. The van der Waals surface area contributed by atoms with E-state index in [0.29, 0.717) is 0 Å². The molecular weight excluding hydrogens is 249 g/mol. The molecule has 1 N–H and O–H groups in total. The van der Waals surface area contributed by atoms with Gasteiger partial charge in [-0.15, -0.1) is 0 Å². The smallest absolute Gasteiger partial charge is 0.123 e. The third-order valence-corrected chi connectivity index (χ3v) is 4.29. The summed E-state index contributed by atoms with van der Waals surface area (Å²) in [5.41, 5.74) is 3.99. The predicted octanol–water partition coefficient (Wildman–Crippen LogP) is 3.51. The molecule has 1 aliphatic rings. The molecule has 1 aliphatic heterocycles. The first-order valence-electron chi connectivity index (χ1n) is 7.17. The standard InChI is InChI=1S/C18H20FN/c1-14-9-17(19)8-7-16(14)11-18(12-20-13-18)10-15-5-3-2-4-6-15/h2-9,20H,10-13H2,1H3. The molecule has 3 rings (SSSR count). The summed E-state index contributed by atoms with van der Waals surface area (Å²) >= 11 is 0. The van der Waals surface area contributed by atoms with Gasteiger partial charge in [0.05, 0.1) is 0 Å². The normalized spacial score (nSPS) is 16.7. The Bertz CT molecular complexity index is 588. The van der Waals surface area contributed by atoms with E-state index in [0.717, 1.165) is 31.5 Å². The quantitative estimate of drug-likeness (QED) is 0.895. The molecule has 0 radical (unpaired) electrons. The fraction of sp³-hybridized carbons (Fsp3) is 0.333. The fourth-order valence-corrected chi connectivity index (χ4v) is 3.08. The molecule has 1 saturated heterocycles. The van der Waals surface area contributed by atoms with Crippen LogP contribution in [0.1, 0.15) is 16.7 Å². The lowest BCUT2D eigenvalue weighted by atomic mass is 9.71. The first-order chi connectivity index (χ1) is 9.67. The van der Waals surface area contributed by atoms with Crippen LogP contribution in [0.4, 0.5) is 4.39 Å². The maximum atomic E-state index is 13.2. The van der Waals surface area contributed by atoms with Gasteiger partial charge in [0.15, 0.2) is 0 Å². The van der Waals surface area contributed by atoms with Crippen LogP contribution in [0, 0.1) is 18.2 Å². The van der Waals surface area contributed by atoms with Gasteiger partial charge >= 0.3 is 0 Å². The van der Waals surface area contributed by atoms with Gasteiger partial charge in [-0.3, -0.25) is 0 Å². The number of rotatable bonds is 4. The van der Waals surface area contributed by atoms with Gasteiger partial charge in [-0.1, -0.05) is 36.4 Å². The summed E-state index contributed by atoms with van der Waals surface area (Å²) in [6, 6.07) is 15.8. The highest BCUT2D eigenvalue weighted by atomic mass is 19.1. The van der Waals surface area contributed by atoms with E-state index in [1.54, 1.807) is 12.1 Å². The molecule has 0 unspecified atom stereocenters. The van der Waals surface area contributed by atoms with Crippen molar-refractivity contribution in [1.82, 2.24) is 5.32 Å². The minimum atomic E-state index is -0.143. The maximum absolute atomic E-state index is 13.2. The van der Waals surface area contributed by atoms with E-state index in [9.17, 15) is 4.39 Å². The summed E-state index contributed by atoms with van der Waals surface area (Å²) in [6.45, 7) is 4.08. The summed E-state index contributed by atoms with van der Waals surface area (Å²) < 4.78 is 13.2. The van der Waals surface area contributed by atoms with Crippen LogP contribution < -0.4 is 5.32 Å². The monoisotopic (exact) mass is 269 g/mol. The Hall–Kier alpha value is -1.67. The SMILES string of the molecule is Cc1cc(F)ccc1CC1(Cc2ccccc2)CNC1. The van der Waals surface area contributed by atoms with Crippen LogP contribution in [-0.4, -0.2) is 13.1 Å². The highest BCUT2D eigenvalue weighted by Gasteiger charge is 2.37. The molecule has 0 bridgehead atoms. The van der Waals surface area contributed by atoms with Crippen LogP contribution in [0.5, 0.6) is 0 Å². The van der Waals surface area contributed by atoms with E-state index in [1.807, 2.05) is 13.0 Å². The van der Waals surface area contributed by atoms with Crippen LogP contribution >= 0.6 is 0 Å². The zero-order valence-corrected chi connectivity index (χ0v) is 11.8. The number of halogens is 1. The number of aryl methyl sites for hydroxylation is 1. The van der Waals surface area contributed by atoms with Crippen molar-refractivity contribution in [3.63, 3.8) is 0 Å². The largest absolute Gasteiger partial charge is 0.315 e. The van der Waals surface area contributed by atoms with Crippen molar-refractivity contribution < 1.29 is 4.39 Å². The first-order valence-corrected chi connectivity index (χ1v) is 7.17. The fourth-order valence-electron chi connectivity index (χ4n) is 3.08. The van der Waals surface area contributed by atoms with Crippen molar-refractivity contribution in [2.75, 3.05) is 13.1 Å². The number of benzene rings is 2. The van der Waals surface area contributed by atoms with E-state index in [1.165, 1.54) is 11.1 Å². The third kappa shape index (κ3) is 2.75. The van der Waals surface area contributed by atoms with E-state index in [2.05, 4.69) is 35.6 Å². The highest BCUT2D eigenvalue weighted by molar-refractivity contribution is 5.29. The van der Waals surface area contributed by atoms with Crippen molar-refractivity contribution in [1.29, 1.82) is 0 Å². The summed E-state index contributed by atoms with van der Waals surface area (Å²) in [7, 11) is 0. The Morgan fingerprint density at radius 1 is 1.05 bits per heavy atom. The molecule has 0 amide bonds. The lowest BCUT2D eigenvalue weighted by Crippen LogP contribution is -2.56. The molecular formula is C18H20FN. The Kier molecular flexibility index (Phi) is 3.58. The molecule has 1 fully saturated rings. The molecule has 0 aliphatic carbocycles. The van der Waals surface area contributed by atoms with Crippen molar-refractivity contribution in [2.24, 2.45) is 5.41 Å². The summed E-state index contributed by atoms with van der Waals surface area (Å²) in [6.07, 6.45) is 2.10. The zero-order valence-electron chi connectivity index (χ0n) is 11.8. The molecule has 20 heavy (non-hydrogen) atoms. The average Bonchev–Trinajstić information content (AvgIpc) is 2.40. The van der Waals surface area contributed by atoms with Gasteiger partial charge in [0.25, 0.3) is 0 Å². The Morgan fingerprint density at radius 2 is 1.80 bits per heavy atom. The molecule has 0 saturated carbocycles.